The summed E-state index contributed by atoms with van der Waals surface area (Å²) in [5.74, 6) is 0.466. The fourth-order valence-electron chi connectivity index (χ4n) is 1.80. The highest BCUT2D eigenvalue weighted by atomic mass is 32.2. The fraction of sp³-hybridized carbons (Fsp3) is 0.533. The van der Waals surface area contributed by atoms with Crippen LogP contribution in [0.25, 0.3) is 0 Å². The molecule has 6 nitrogen and oxygen atoms in total. The predicted molar refractivity (Wildman–Crippen MR) is 91.7 cm³/mol. The first-order chi connectivity index (χ1) is 11.7. The van der Waals surface area contributed by atoms with Crippen LogP contribution in [0.3, 0.4) is 0 Å². The molecule has 0 aliphatic rings. The Kier molecular flexibility index (Phi) is 8.17. The number of halogens is 3. The molecule has 0 radical (unpaired) electrons. The minimum atomic E-state index is -4.36. The van der Waals surface area contributed by atoms with Crippen LogP contribution in [0.1, 0.15) is 25.0 Å². The van der Waals surface area contributed by atoms with Crippen LogP contribution < -0.4 is 15.4 Å². The first kappa shape index (κ1) is 21.2. The first-order valence-corrected chi connectivity index (χ1v) is 9.48. The molecule has 3 N–H and O–H groups in total. The molecule has 0 amide bonds. The first-order valence-electron chi connectivity index (χ1n) is 7.83. The van der Waals surface area contributed by atoms with E-state index < -0.39 is 21.8 Å². The average Bonchev–Trinajstić information content (AvgIpc) is 2.56. The van der Waals surface area contributed by atoms with Crippen molar-refractivity contribution in [2.24, 2.45) is 4.99 Å². The molecule has 1 aromatic rings. The van der Waals surface area contributed by atoms with Gasteiger partial charge in [0, 0.05) is 19.6 Å². The molecule has 0 aromatic heterocycles. The van der Waals surface area contributed by atoms with Gasteiger partial charge in [-0.25, -0.2) is 18.1 Å². The number of nitrogens with one attached hydrogen (secondary N) is 3. The van der Waals surface area contributed by atoms with E-state index in [4.69, 9.17) is 0 Å². The van der Waals surface area contributed by atoms with E-state index in [2.05, 4.69) is 20.3 Å². The molecule has 0 aliphatic heterocycles. The highest BCUT2D eigenvalue weighted by Crippen LogP contribution is 2.29. The van der Waals surface area contributed by atoms with Crippen molar-refractivity contribution < 1.29 is 21.6 Å². The minimum absolute atomic E-state index is 0.00901. The van der Waals surface area contributed by atoms with Crippen molar-refractivity contribution >= 4 is 16.0 Å². The molecule has 0 atom stereocenters. The maximum absolute atomic E-state index is 12.5. The van der Waals surface area contributed by atoms with Crippen molar-refractivity contribution in [3.63, 3.8) is 0 Å². The second-order valence-corrected chi connectivity index (χ2v) is 7.21. The molecule has 25 heavy (non-hydrogen) atoms. The van der Waals surface area contributed by atoms with Crippen molar-refractivity contribution in [1.29, 1.82) is 0 Å². The van der Waals surface area contributed by atoms with E-state index in [0.717, 1.165) is 12.1 Å². The molecule has 10 heteroatoms. The lowest BCUT2D eigenvalue weighted by molar-refractivity contribution is -0.137. The van der Waals surface area contributed by atoms with Crippen molar-refractivity contribution in [2.75, 3.05) is 25.4 Å². The highest BCUT2D eigenvalue weighted by molar-refractivity contribution is 7.89. The molecule has 0 unspecified atom stereocenters. The highest BCUT2D eigenvalue weighted by Gasteiger charge is 2.29. The summed E-state index contributed by atoms with van der Waals surface area (Å²) in [7, 11) is -3.24. The third-order valence-corrected chi connectivity index (χ3v) is 4.57. The van der Waals surface area contributed by atoms with Gasteiger partial charge >= 0.3 is 6.18 Å². The van der Waals surface area contributed by atoms with Gasteiger partial charge in [0.25, 0.3) is 0 Å². The quantitative estimate of drug-likeness (QED) is 0.364. The Hall–Kier alpha value is -1.81. The second kappa shape index (κ2) is 9.62. The topological polar surface area (TPSA) is 82.6 Å². The minimum Gasteiger partial charge on any atom is -0.357 e. The summed E-state index contributed by atoms with van der Waals surface area (Å²) in [6.07, 6.45) is -4.36. The van der Waals surface area contributed by atoms with E-state index in [-0.39, 0.29) is 18.8 Å². The molecular formula is C15H23F3N4O2S. The van der Waals surface area contributed by atoms with Crippen LogP contribution in [0.15, 0.2) is 29.3 Å². The number of rotatable bonds is 8. The van der Waals surface area contributed by atoms with Crippen molar-refractivity contribution in [3.8, 4) is 0 Å². The van der Waals surface area contributed by atoms with Gasteiger partial charge in [0.15, 0.2) is 5.96 Å². The van der Waals surface area contributed by atoms with Crippen LogP contribution in [-0.4, -0.2) is 39.8 Å². The summed E-state index contributed by atoms with van der Waals surface area (Å²) in [6, 6.07) is 4.80. The lowest BCUT2D eigenvalue weighted by atomic mass is 10.1. The third-order valence-electron chi connectivity index (χ3n) is 3.16. The Morgan fingerprint density at radius 3 is 2.24 bits per heavy atom. The van der Waals surface area contributed by atoms with E-state index in [0.29, 0.717) is 24.6 Å². The van der Waals surface area contributed by atoms with Gasteiger partial charge in [0.2, 0.25) is 10.0 Å². The maximum atomic E-state index is 12.5. The van der Waals surface area contributed by atoms with E-state index in [9.17, 15) is 21.6 Å². The Labute approximate surface area is 146 Å². The zero-order chi connectivity index (χ0) is 18.9. The zero-order valence-electron chi connectivity index (χ0n) is 14.2. The molecule has 142 valence electrons. The standard InChI is InChI=1S/C15H23F3N4O2S/c1-3-19-14(20-9-10-22-25(23,24)4-2)21-11-12-5-7-13(8-6-12)15(16,17)18/h5-8,22H,3-4,9-11H2,1-2H3,(H2,19,20,21). The molecule has 0 saturated carbocycles. The van der Waals surface area contributed by atoms with Crippen LogP contribution in [-0.2, 0) is 22.7 Å². The van der Waals surface area contributed by atoms with Gasteiger partial charge < -0.3 is 10.6 Å². The third kappa shape index (κ3) is 8.21. The molecule has 0 spiro atoms. The molecule has 1 aromatic carbocycles. The Morgan fingerprint density at radius 2 is 1.72 bits per heavy atom. The molecule has 0 heterocycles. The van der Waals surface area contributed by atoms with E-state index >= 15 is 0 Å². The number of benzene rings is 1. The number of aliphatic imine (C=N–C) groups is 1. The van der Waals surface area contributed by atoms with Gasteiger partial charge in [-0.15, -0.1) is 0 Å². The summed E-state index contributed by atoms with van der Waals surface area (Å²) in [6.45, 7) is 4.76. The fourth-order valence-corrected chi connectivity index (χ4v) is 2.42. The van der Waals surface area contributed by atoms with E-state index in [1.165, 1.54) is 12.1 Å². The van der Waals surface area contributed by atoms with Crippen molar-refractivity contribution in [3.05, 3.63) is 35.4 Å². The number of hydrogen-bond donors (Lipinski definition) is 3. The Morgan fingerprint density at radius 1 is 1.08 bits per heavy atom. The zero-order valence-corrected chi connectivity index (χ0v) is 15.0. The summed E-state index contributed by atoms with van der Waals surface area (Å²) < 4.78 is 62.6. The summed E-state index contributed by atoms with van der Waals surface area (Å²) in [5, 5.41) is 5.94. The maximum Gasteiger partial charge on any atom is 0.416 e. The normalized spacial score (nSPS) is 12.9. The summed E-state index contributed by atoms with van der Waals surface area (Å²) >= 11 is 0. The molecular weight excluding hydrogens is 357 g/mol. The van der Waals surface area contributed by atoms with Gasteiger partial charge in [0.1, 0.15) is 0 Å². The van der Waals surface area contributed by atoms with Gasteiger partial charge in [-0.1, -0.05) is 12.1 Å². The van der Waals surface area contributed by atoms with Crippen LogP contribution in [0.5, 0.6) is 0 Å². The molecule has 0 bridgehead atoms. The lowest BCUT2D eigenvalue weighted by Gasteiger charge is -2.12. The molecule has 0 saturated heterocycles. The number of nitrogens with zero attached hydrogens (tertiary/aromatic N) is 1. The SMILES string of the molecule is CCNC(=NCc1ccc(C(F)(F)F)cc1)NCCNS(=O)(=O)CC. The predicted octanol–water partition coefficient (Wildman–Crippen LogP) is 1.70. The van der Waals surface area contributed by atoms with E-state index in [1.54, 1.807) is 6.92 Å². The smallest absolute Gasteiger partial charge is 0.357 e. The van der Waals surface area contributed by atoms with Crippen LogP contribution >= 0.6 is 0 Å². The van der Waals surface area contributed by atoms with Crippen molar-refractivity contribution in [2.45, 2.75) is 26.6 Å². The second-order valence-electron chi connectivity index (χ2n) is 5.11. The molecule has 0 fully saturated rings. The van der Waals surface area contributed by atoms with Crippen molar-refractivity contribution in [1.82, 2.24) is 15.4 Å². The number of alkyl halides is 3. The van der Waals surface area contributed by atoms with Crippen LogP contribution in [0, 0.1) is 0 Å². The number of sulfonamides is 1. The monoisotopic (exact) mass is 380 g/mol. The lowest BCUT2D eigenvalue weighted by Crippen LogP contribution is -2.41. The molecule has 0 aliphatic carbocycles. The largest absolute Gasteiger partial charge is 0.416 e. The summed E-state index contributed by atoms with van der Waals surface area (Å²) in [5.41, 5.74) is -0.0645. The van der Waals surface area contributed by atoms with E-state index in [1.807, 2.05) is 6.92 Å². The Balaban J connectivity index is 2.57. The number of hydrogen-bond acceptors (Lipinski definition) is 3. The van der Waals surface area contributed by atoms with Gasteiger partial charge in [-0.05, 0) is 31.5 Å². The van der Waals surface area contributed by atoms with Crippen LogP contribution in [0.4, 0.5) is 13.2 Å². The van der Waals surface area contributed by atoms with Crippen LogP contribution in [0.2, 0.25) is 0 Å². The van der Waals surface area contributed by atoms with Gasteiger partial charge in [-0.2, -0.15) is 13.2 Å². The Bertz CT molecular complexity index is 658. The molecule has 1 rings (SSSR count). The van der Waals surface area contributed by atoms with Gasteiger partial charge in [0.05, 0.1) is 17.9 Å². The number of guanidine groups is 1. The summed E-state index contributed by atoms with van der Waals surface area (Å²) in [4.78, 5) is 4.27. The van der Waals surface area contributed by atoms with Gasteiger partial charge in [-0.3, -0.25) is 0 Å². The average molecular weight is 380 g/mol.